The van der Waals surface area contributed by atoms with Crippen molar-refractivity contribution in [3.63, 3.8) is 0 Å². The molecule has 0 radical (unpaired) electrons. The Bertz CT molecular complexity index is 956. The van der Waals surface area contributed by atoms with Gasteiger partial charge in [-0.05, 0) is 30.2 Å². The molecule has 2 aromatic rings. The Morgan fingerprint density at radius 1 is 1.27 bits per heavy atom. The average molecular weight is 400 g/mol. The molecule has 0 saturated heterocycles. The van der Waals surface area contributed by atoms with Crippen LogP contribution in [0.4, 0.5) is 10.1 Å². The van der Waals surface area contributed by atoms with Gasteiger partial charge in [-0.2, -0.15) is 0 Å². The predicted octanol–water partition coefficient (Wildman–Crippen LogP) is 3.19. The van der Waals surface area contributed by atoms with Crippen LogP contribution < -0.4 is 4.72 Å². The largest absolute Gasteiger partial charge is 0.340 e. The molecule has 0 aliphatic carbocycles. The first-order valence-corrected chi connectivity index (χ1v) is 10.0. The van der Waals surface area contributed by atoms with Gasteiger partial charge in [-0.25, -0.2) is 12.8 Å². The first kappa shape index (κ1) is 18.7. The monoisotopic (exact) mass is 399 g/mol. The van der Waals surface area contributed by atoms with Gasteiger partial charge in [0.05, 0.1) is 10.7 Å². The summed E-state index contributed by atoms with van der Waals surface area (Å²) in [4.78, 5) is 14.3. The second-order valence-corrected chi connectivity index (χ2v) is 8.72. The summed E-state index contributed by atoms with van der Waals surface area (Å²) in [5.41, 5.74) is 0.410. The van der Waals surface area contributed by atoms with Crippen molar-refractivity contribution in [3.8, 4) is 0 Å². The number of benzene rings is 1. The first-order chi connectivity index (χ1) is 12.2. The SMILES string of the molecule is CC(C)CN1CCn2cc(S(=O)(=O)Nc3ccc(F)cc3Cl)cc2C1=O. The molecular formula is C17H19ClFN3O3S. The molecule has 1 amide bonds. The maximum Gasteiger partial charge on any atom is 0.270 e. The number of hydrogen-bond acceptors (Lipinski definition) is 3. The highest BCUT2D eigenvalue weighted by atomic mass is 35.5. The Labute approximate surface area is 156 Å². The lowest BCUT2D eigenvalue weighted by Crippen LogP contribution is -2.41. The summed E-state index contributed by atoms with van der Waals surface area (Å²) in [5, 5.41) is -0.0447. The van der Waals surface area contributed by atoms with Crippen LogP contribution >= 0.6 is 11.6 Å². The van der Waals surface area contributed by atoms with Crippen molar-refractivity contribution in [1.29, 1.82) is 0 Å². The van der Waals surface area contributed by atoms with Crippen LogP contribution in [0, 0.1) is 11.7 Å². The normalized spacial score (nSPS) is 14.7. The number of halogens is 2. The maximum atomic E-state index is 13.1. The molecule has 2 heterocycles. The molecule has 140 valence electrons. The molecule has 0 unspecified atom stereocenters. The zero-order chi connectivity index (χ0) is 19.1. The summed E-state index contributed by atoms with van der Waals surface area (Å²) < 4.78 is 42.3. The lowest BCUT2D eigenvalue weighted by molar-refractivity contribution is 0.0683. The third-order valence-electron chi connectivity index (χ3n) is 4.06. The van der Waals surface area contributed by atoms with E-state index in [1.165, 1.54) is 18.3 Å². The third kappa shape index (κ3) is 3.71. The van der Waals surface area contributed by atoms with Gasteiger partial charge in [0, 0.05) is 25.8 Å². The third-order valence-corrected chi connectivity index (χ3v) is 5.71. The van der Waals surface area contributed by atoms with E-state index in [-0.39, 0.29) is 21.5 Å². The van der Waals surface area contributed by atoms with Crippen molar-refractivity contribution in [3.05, 3.63) is 47.0 Å². The van der Waals surface area contributed by atoms with Crippen molar-refractivity contribution in [1.82, 2.24) is 9.47 Å². The lowest BCUT2D eigenvalue weighted by Gasteiger charge is -2.29. The molecule has 1 aromatic heterocycles. The molecule has 0 spiro atoms. The van der Waals surface area contributed by atoms with E-state index >= 15 is 0 Å². The van der Waals surface area contributed by atoms with E-state index in [0.717, 1.165) is 12.1 Å². The number of fused-ring (bicyclic) bond motifs is 1. The predicted molar refractivity (Wildman–Crippen MR) is 97.4 cm³/mol. The van der Waals surface area contributed by atoms with E-state index in [4.69, 9.17) is 11.6 Å². The molecule has 3 rings (SSSR count). The highest BCUT2D eigenvalue weighted by Crippen LogP contribution is 2.27. The molecule has 9 heteroatoms. The highest BCUT2D eigenvalue weighted by Gasteiger charge is 2.28. The molecule has 0 fully saturated rings. The van der Waals surface area contributed by atoms with E-state index in [1.807, 2.05) is 13.8 Å². The Hall–Kier alpha value is -2.06. The van der Waals surface area contributed by atoms with Crippen LogP contribution in [0.3, 0.4) is 0 Å². The van der Waals surface area contributed by atoms with Gasteiger partial charge in [-0.3, -0.25) is 9.52 Å². The van der Waals surface area contributed by atoms with Gasteiger partial charge in [-0.15, -0.1) is 0 Å². The van der Waals surface area contributed by atoms with Crippen molar-refractivity contribution < 1.29 is 17.6 Å². The van der Waals surface area contributed by atoms with Crippen LogP contribution in [-0.4, -0.2) is 36.9 Å². The first-order valence-electron chi connectivity index (χ1n) is 8.14. The fraction of sp³-hybridized carbons (Fsp3) is 0.353. The molecule has 0 atom stereocenters. The highest BCUT2D eigenvalue weighted by molar-refractivity contribution is 7.92. The van der Waals surface area contributed by atoms with Crippen LogP contribution in [0.5, 0.6) is 0 Å². The standard InChI is InChI=1S/C17H19ClFN3O3S/c1-11(2)9-22-6-5-21-10-13(8-16(21)17(22)23)26(24,25)20-15-4-3-12(19)7-14(15)18/h3-4,7-8,10-11,20H,5-6,9H2,1-2H3. The molecule has 1 aromatic carbocycles. The maximum absolute atomic E-state index is 13.1. The number of amides is 1. The second-order valence-electron chi connectivity index (χ2n) is 6.63. The summed E-state index contributed by atoms with van der Waals surface area (Å²) in [5.74, 6) is -0.426. The molecule has 1 N–H and O–H groups in total. The van der Waals surface area contributed by atoms with Crippen LogP contribution in [0.2, 0.25) is 5.02 Å². The number of hydrogen-bond donors (Lipinski definition) is 1. The minimum Gasteiger partial charge on any atom is -0.340 e. The van der Waals surface area contributed by atoms with Gasteiger partial charge in [0.15, 0.2) is 0 Å². The van der Waals surface area contributed by atoms with Crippen molar-refractivity contribution in [2.45, 2.75) is 25.3 Å². The Balaban J connectivity index is 1.88. The summed E-state index contributed by atoms with van der Waals surface area (Å²) in [6.45, 7) is 5.73. The van der Waals surface area contributed by atoms with Gasteiger partial charge in [0.1, 0.15) is 16.4 Å². The van der Waals surface area contributed by atoms with E-state index in [0.29, 0.717) is 31.2 Å². The molecule has 1 aliphatic heterocycles. The van der Waals surface area contributed by atoms with Gasteiger partial charge in [0.25, 0.3) is 15.9 Å². The minimum absolute atomic E-state index is 0.0346. The fourth-order valence-corrected chi connectivity index (χ4v) is 4.27. The van der Waals surface area contributed by atoms with Crippen molar-refractivity contribution in [2.24, 2.45) is 5.92 Å². The van der Waals surface area contributed by atoms with E-state index in [9.17, 15) is 17.6 Å². The van der Waals surface area contributed by atoms with Gasteiger partial charge < -0.3 is 9.47 Å². The minimum atomic E-state index is -3.96. The number of anilines is 1. The number of carbonyl (C=O) groups is 1. The number of rotatable bonds is 5. The van der Waals surface area contributed by atoms with E-state index < -0.39 is 15.8 Å². The molecule has 0 bridgehead atoms. The zero-order valence-electron chi connectivity index (χ0n) is 14.4. The second kappa shape index (κ2) is 6.92. The lowest BCUT2D eigenvalue weighted by atomic mass is 10.2. The van der Waals surface area contributed by atoms with E-state index in [1.54, 1.807) is 9.47 Å². The van der Waals surface area contributed by atoms with E-state index in [2.05, 4.69) is 4.72 Å². The zero-order valence-corrected chi connectivity index (χ0v) is 15.9. The quantitative estimate of drug-likeness (QED) is 0.839. The molecule has 0 saturated carbocycles. The average Bonchev–Trinajstić information content (AvgIpc) is 2.98. The Morgan fingerprint density at radius 2 is 2.00 bits per heavy atom. The molecular weight excluding hydrogens is 381 g/mol. The summed E-state index contributed by atoms with van der Waals surface area (Å²) in [7, 11) is -3.96. The summed E-state index contributed by atoms with van der Waals surface area (Å²) in [6.07, 6.45) is 1.43. The van der Waals surface area contributed by atoms with Gasteiger partial charge in [-0.1, -0.05) is 25.4 Å². The number of nitrogens with zero attached hydrogens (tertiary/aromatic N) is 2. The number of nitrogens with one attached hydrogen (secondary N) is 1. The fourth-order valence-electron chi connectivity index (χ4n) is 2.88. The summed E-state index contributed by atoms with van der Waals surface area (Å²) in [6, 6.07) is 4.74. The molecule has 1 aliphatic rings. The van der Waals surface area contributed by atoms with Crippen molar-refractivity contribution in [2.75, 3.05) is 17.8 Å². The smallest absolute Gasteiger partial charge is 0.270 e. The summed E-state index contributed by atoms with van der Waals surface area (Å²) >= 11 is 5.88. The van der Waals surface area contributed by atoms with Gasteiger partial charge >= 0.3 is 0 Å². The van der Waals surface area contributed by atoms with Crippen LogP contribution in [0.25, 0.3) is 0 Å². The number of sulfonamides is 1. The van der Waals surface area contributed by atoms with Crippen LogP contribution in [-0.2, 0) is 16.6 Å². The van der Waals surface area contributed by atoms with Crippen molar-refractivity contribution >= 4 is 33.2 Å². The number of aromatic nitrogens is 1. The van der Waals surface area contributed by atoms with Crippen LogP contribution in [0.15, 0.2) is 35.4 Å². The number of carbonyl (C=O) groups excluding carboxylic acids is 1. The molecule has 6 nitrogen and oxygen atoms in total. The Morgan fingerprint density at radius 3 is 2.65 bits per heavy atom. The van der Waals surface area contributed by atoms with Gasteiger partial charge in [0.2, 0.25) is 0 Å². The Kier molecular flexibility index (Phi) is 4.98. The topological polar surface area (TPSA) is 71.4 Å². The van der Waals surface area contributed by atoms with Crippen LogP contribution in [0.1, 0.15) is 24.3 Å². The molecule has 26 heavy (non-hydrogen) atoms.